The Labute approximate surface area is 157 Å². The summed E-state index contributed by atoms with van der Waals surface area (Å²) < 4.78 is 1.79. The van der Waals surface area contributed by atoms with Crippen molar-refractivity contribution in [3.63, 3.8) is 0 Å². The van der Waals surface area contributed by atoms with Crippen LogP contribution < -0.4 is 5.32 Å². The van der Waals surface area contributed by atoms with Crippen molar-refractivity contribution in [2.75, 3.05) is 12.4 Å². The van der Waals surface area contributed by atoms with Gasteiger partial charge < -0.3 is 5.32 Å². The van der Waals surface area contributed by atoms with E-state index < -0.39 is 0 Å². The monoisotopic (exact) mass is 356 g/mol. The summed E-state index contributed by atoms with van der Waals surface area (Å²) in [6, 6.07) is 8.41. The first-order valence-corrected chi connectivity index (χ1v) is 9.11. The predicted octanol–water partition coefficient (Wildman–Crippen LogP) is 3.79. The molecule has 0 bridgehead atoms. The fourth-order valence-corrected chi connectivity index (χ4v) is 2.92. The topological polar surface area (TPSA) is 50.2 Å². The van der Waals surface area contributed by atoms with Gasteiger partial charge in [0.15, 0.2) is 0 Å². The van der Waals surface area contributed by atoms with Gasteiger partial charge in [-0.3, -0.25) is 14.4 Å². The van der Waals surface area contributed by atoms with Gasteiger partial charge in [-0.25, -0.2) is 0 Å². The number of benzene rings is 1. The van der Waals surface area contributed by atoms with Crippen LogP contribution in [-0.4, -0.2) is 33.7 Å². The summed E-state index contributed by atoms with van der Waals surface area (Å²) in [6.07, 6.45) is 0. The molecule has 1 heterocycles. The molecule has 2 rings (SSSR count). The number of hydrogen-bond donors (Lipinski definition) is 1. The van der Waals surface area contributed by atoms with E-state index >= 15 is 0 Å². The lowest BCUT2D eigenvalue weighted by atomic mass is 9.87. The normalized spacial score (nSPS) is 13.1. The highest BCUT2D eigenvalue weighted by atomic mass is 16.2. The lowest BCUT2D eigenvalue weighted by Crippen LogP contribution is -2.39. The van der Waals surface area contributed by atoms with E-state index in [1.54, 1.807) is 4.68 Å². The maximum atomic E-state index is 12.7. The molecule has 0 saturated heterocycles. The van der Waals surface area contributed by atoms with E-state index in [1.165, 1.54) is 11.1 Å². The van der Waals surface area contributed by atoms with Crippen LogP contribution >= 0.6 is 0 Å². The molecule has 0 spiro atoms. The van der Waals surface area contributed by atoms with E-state index in [0.717, 1.165) is 23.6 Å². The van der Waals surface area contributed by atoms with E-state index in [0.29, 0.717) is 0 Å². The molecular weight excluding hydrogens is 324 g/mol. The van der Waals surface area contributed by atoms with Gasteiger partial charge >= 0.3 is 0 Å². The molecule has 5 heteroatoms. The van der Waals surface area contributed by atoms with Crippen molar-refractivity contribution in [1.29, 1.82) is 0 Å². The number of carbonyl (C=O) groups is 1. The van der Waals surface area contributed by atoms with Gasteiger partial charge in [0.1, 0.15) is 0 Å². The molecule has 0 radical (unpaired) electrons. The van der Waals surface area contributed by atoms with E-state index in [2.05, 4.69) is 60.4 Å². The highest BCUT2D eigenvalue weighted by Gasteiger charge is 2.21. The number of amides is 1. The molecule has 1 N–H and O–H groups in total. The molecule has 26 heavy (non-hydrogen) atoms. The lowest BCUT2D eigenvalue weighted by Gasteiger charge is -2.25. The molecule has 142 valence electrons. The highest BCUT2D eigenvalue weighted by Crippen LogP contribution is 2.23. The van der Waals surface area contributed by atoms with Gasteiger partial charge in [-0.2, -0.15) is 5.10 Å². The molecule has 1 aromatic heterocycles. The summed E-state index contributed by atoms with van der Waals surface area (Å²) >= 11 is 0. The van der Waals surface area contributed by atoms with Crippen molar-refractivity contribution in [3.8, 4) is 0 Å². The second-order valence-electron chi connectivity index (χ2n) is 8.20. The van der Waals surface area contributed by atoms with Crippen molar-refractivity contribution in [1.82, 2.24) is 14.7 Å². The van der Waals surface area contributed by atoms with Crippen LogP contribution in [0.2, 0.25) is 0 Å². The number of nitrogens with zero attached hydrogens (tertiary/aromatic N) is 3. The zero-order valence-corrected chi connectivity index (χ0v) is 17.3. The van der Waals surface area contributed by atoms with Crippen molar-refractivity contribution >= 4 is 11.6 Å². The predicted molar refractivity (Wildman–Crippen MR) is 107 cm³/mol. The number of aromatic nitrogens is 2. The Hall–Kier alpha value is -2.14. The van der Waals surface area contributed by atoms with Crippen LogP contribution in [0.15, 0.2) is 24.3 Å². The second-order valence-corrected chi connectivity index (χ2v) is 8.20. The van der Waals surface area contributed by atoms with Gasteiger partial charge in [0.2, 0.25) is 5.91 Å². The van der Waals surface area contributed by atoms with Crippen LogP contribution in [0.5, 0.6) is 0 Å². The van der Waals surface area contributed by atoms with Gasteiger partial charge in [-0.05, 0) is 44.4 Å². The Morgan fingerprint density at radius 2 is 1.81 bits per heavy atom. The number of anilines is 1. The average Bonchev–Trinajstić information content (AvgIpc) is 2.80. The van der Waals surface area contributed by atoms with Gasteiger partial charge in [0, 0.05) is 13.6 Å². The van der Waals surface area contributed by atoms with Gasteiger partial charge in [-0.15, -0.1) is 0 Å². The maximum absolute atomic E-state index is 12.7. The van der Waals surface area contributed by atoms with Gasteiger partial charge in [0.25, 0.3) is 0 Å². The Bertz CT molecular complexity index is 769. The third-order valence-electron chi connectivity index (χ3n) is 5.05. The van der Waals surface area contributed by atoms with Crippen molar-refractivity contribution in [2.45, 2.75) is 59.5 Å². The number of nitrogens with one attached hydrogen (secondary N) is 1. The minimum absolute atomic E-state index is 0.0157. The van der Waals surface area contributed by atoms with E-state index in [-0.39, 0.29) is 17.4 Å². The summed E-state index contributed by atoms with van der Waals surface area (Å²) in [6.45, 7) is 13.2. The van der Waals surface area contributed by atoms with Crippen molar-refractivity contribution < 1.29 is 4.79 Å². The first kappa shape index (κ1) is 20.2. The number of rotatable bonds is 5. The summed E-state index contributed by atoms with van der Waals surface area (Å²) in [4.78, 5) is 14.7. The van der Waals surface area contributed by atoms with Crippen LogP contribution in [0.3, 0.4) is 0 Å². The van der Waals surface area contributed by atoms with Crippen LogP contribution in [0, 0.1) is 13.8 Å². The van der Waals surface area contributed by atoms with Crippen LogP contribution in [0.4, 0.5) is 5.69 Å². The number of hydrogen-bond acceptors (Lipinski definition) is 3. The molecule has 0 aliphatic carbocycles. The molecule has 1 aromatic carbocycles. The zero-order chi connectivity index (χ0) is 19.6. The smallest absolute Gasteiger partial charge is 0.241 e. The van der Waals surface area contributed by atoms with Crippen LogP contribution in [-0.2, 0) is 23.8 Å². The third kappa shape index (κ3) is 4.52. The van der Waals surface area contributed by atoms with Crippen molar-refractivity contribution in [2.24, 2.45) is 7.05 Å². The maximum Gasteiger partial charge on any atom is 0.241 e. The van der Waals surface area contributed by atoms with Gasteiger partial charge in [0.05, 0.1) is 23.1 Å². The summed E-state index contributed by atoms with van der Waals surface area (Å²) in [7, 11) is 3.86. The zero-order valence-electron chi connectivity index (χ0n) is 17.3. The number of likely N-dealkylation sites (N-methyl/N-ethyl adjacent to an activating group) is 1. The van der Waals surface area contributed by atoms with Crippen LogP contribution in [0.1, 0.15) is 50.2 Å². The van der Waals surface area contributed by atoms with Crippen LogP contribution in [0.25, 0.3) is 0 Å². The molecule has 5 nitrogen and oxygen atoms in total. The minimum Gasteiger partial charge on any atom is -0.322 e. The fraction of sp³-hybridized carbons (Fsp3) is 0.524. The molecule has 1 amide bonds. The number of carbonyl (C=O) groups excluding carboxylic acids is 1. The summed E-state index contributed by atoms with van der Waals surface area (Å²) in [5.74, 6) is -0.0157. The summed E-state index contributed by atoms with van der Waals surface area (Å²) in [5.41, 5.74) is 5.28. The molecule has 1 atom stereocenters. The molecule has 0 aliphatic heterocycles. The SMILES string of the molecule is Cc1nn(C)c(C)c1NC(=O)[C@@H](C)N(C)Cc1ccc(C(C)(C)C)cc1. The van der Waals surface area contributed by atoms with E-state index in [9.17, 15) is 4.79 Å². The highest BCUT2D eigenvalue weighted by molar-refractivity contribution is 5.95. The molecular formula is C21H32N4O. The standard InChI is InChI=1S/C21H32N4O/c1-14-19(15(2)25(8)23-14)22-20(26)16(3)24(7)13-17-9-11-18(12-10-17)21(4,5)6/h9-12,16H,13H2,1-8H3,(H,22,26)/t16-/m1/s1. The molecule has 0 saturated carbocycles. The van der Waals surface area contributed by atoms with E-state index in [4.69, 9.17) is 0 Å². The average molecular weight is 357 g/mol. The third-order valence-corrected chi connectivity index (χ3v) is 5.05. The minimum atomic E-state index is -0.240. The van der Waals surface area contributed by atoms with Gasteiger partial charge in [-0.1, -0.05) is 45.0 Å². The largest absolute Gasteiger partial charge is 0.322 e. The first-order valence-electron chi connectivity index (χ1n) is 9.11. The first-order chi connectivity index (χ1) is 12.0. The van der Waals surface area contributed by atoms with E-state index in [1.807, 2.05) is 34.9 Å². The van der Waals surface area contributed by atoms with Crippen molar-refractivity contribution in [3.05, 3.63) is 46.8 Å². The number of aryl methyl sites for hydroxylation is 2. The Morgan fingerprint density at radius 1 is 1.23 bits per heavy atom. The lowest BCUT2D eigenvalue weighted by molar-refractivity contribution is -0.120. The fourth-order valence-electron chi connectivity index (χ4n) is 2.92. The quantitative estimate of drug-likeness (QED) is 0.887. The second kappa shape index (κ2) is 7.62. The molecule has 0 fully saturated rings. The molecule has 0 unspecified atom stereocenters. The Kier molecular flexibility index (Phi) is 5.91. The summed E-state index contributed by atoms with van der Waals surface area (Å²) in [5, 5.41) is 7.38. The molecule has 0 aliphatic rings. The molecule has 2 aromatic rings. The Balaban J connectivity index is 2.02. The Morgan fingerprint density at radius 3 is 2.27 bits per heavy atom.